The van der Waals surface area contributed by atoms with Gasteiger partial charge in [0.1, 0.15) is 13.2 Å². The third-order valence-electron chi connectivity index (χ3n) is 13.9. The molecule has 0 bridgehead atoms. The van der Waals surface area contributed by atoms with Gasteiger partial charge in [0, 0.05) is 19.3 Å². The molecule has 0 heterocycles. The first-order valence-electron chi connectivity index (χ1n) is 30.0. The Morgan fingerprint density at radius 1 is 0.242 bits per heavy atom. The number of hydrogen-bond donors (Lipinski definition) is 0. The fraction of sp³-hybridized carbons (Fsp3) is 0.950. The topological polar surface area (TPSA) is 78.9 Å². The van der Waals surface area contributed by atoms with E-state index in [1.165, 1.54) is 250 Å². The number of hydrogen-bond acceptors (Lipinski definition) is 6. The molecule has 0 saturated heterocycles. The van der Waals surface area contributed by atoms with Gasteiger partial charge in [0.2, 0.25) is 0 Å². The number of esters is 3. The van der Waals surface area contributed by atoms with Crippen LogP contribution in [0.25, 0.3) is 0 Å². The molecule has 0 radical (unpaired) electrons. The molecule has 0 aromatic carbocycles. The van der Waals surface area contributed by atoms with Crippen LogP contribution in [0.5, 0.6) is 0 Å². The number of carbonyl (C=O) groups is 3. The van der Waals surface area contributed by atoms with Crippen molar-refractivity contribution in [2.24, 2.45) is 0 Å². The van der Waals surface area contributed by atoms with Crippen molar-refractivity contribution in [2.75, 3.05) is 13.2 Å². The Balaban J connectivity index is 3.97. The monoisotopic (exact) mass is 933 g/mol. The first-order valence-corrected chi connectivity index (χ1v) is 30.0. The van der Waals surface area contributed by atoms with E-state index in [-0.39, 0.29) is 31.1 Å². The van der Waals surface area contributed by atoms with E-state index in [0.29, 0.717) is 19.3 Å². The van der Waals surface area contributed by atoms with Crippen molar-refractivity contribution < 1.29 is 28.6 Å². The van der Waals surface area contributed by atoms with Crippen LogP contribution >= 0.6 is 0 Å². The zero-order chi connectivity index (χ0) is 47.9. The molecule has 0 fully saturated rings. The molecular formula is C60H116O6. The van der Waals surface area contributed by atoms with Gasteiger partial charge in [-0.3, -0.25) is 14.4 Å². The number of carbonyl (C=O) groups excluding carboxylic acids is 3. The van der Waals surface area contributed by atoms with Gasteiger partial charge in [-0.2, -0.15) is 0 Å². The lowest BCUT2D eigenvalue weighted by Gasteiger charge is -2.18. The molecule has 392 valence electrons. The lowest BCUT2D eigenvalue weighted by atomic mass is 10.0. The maximum atomic E-state index is 12.8. The minimum absolute atomic E-state index is 0.0621. The van der Waals surface area contributed by atoms with E-state index < -0.39 is 6.10 Å². The fourth-order valence-electron chi connectivity index (χ4n) is 9.33. The van der Waals surface area contributed by atoms with E-state index in [2.05, 4.69) is 20.8 Å². The Morgan fingerprint density at radius 2 is 0.409 bits per heavy atom. The van der Waals surface area contributed by atoms with E-state index in [0.717, 1.165) is 57.8 Å². The number of ether oxygens (including phenoxy) is 3. The lowest BCUT2D eigenvalue weighted by molar-refractivity contribution is -0.167. The molecule has 0 aliphatic rings. The molecule has 6 heteroatoms. The van der Waals surface area contributed by atoms with Crippen molar-refractivity contribution in [1.29, 1.82) is 0 Å². The summed E-state index contributed by atoms with van der Waals surface area (Å²) in [6.07, 6.45) is 62.9. The van der Waals surface area contributed by atoms with E-state index in [9.17, 15) is 14.4 Å². The van der Waals surface area contributed by atoms with Gasteiger partial charge in [-0.05, 0) is 19.3 Å². The maximum absolute atomic E-state index is 12.8. The smallest absolute Gasteiger partial charge is 0.306 e. The summed E-state index contributed by atoms with van der Waals surface area (Å²) in [5.41, 5.74) is 0. The van der Waals surface area contributed by atoms with Gasteiger partial charge in [0.25, 0.3) is 0 Å². The molecule has 0 N–H and O–H groups in total. The molecule has 0 spiro atoms. The molecule has 1 unspecified atom stereocenters. The predicted octanol–water partition coefficient (Wildman–Crippen LogP) is 19.9. The standard InChI is InChI=1S/C60H116O6/c1-4-7-10-13-16-18-20-22-23-24-25-26-27-28-29-30-31-32-33-34-35-36-38-39-41-44-47-50-53-59(62)65-56-57(55-64-58(61)52-49-46-43-15-12-9-6-3)66-60(63)54-51-48-45-42-40-37-21-19-17-14-11-8-5-2/h57H,4-56H2,1-3H3. The molecule has 0 aliphatic carbocycles. The first-order chi connectivity index (χ1) is 32.5. The van der Waals surface area contributed by atoms with Crippen LogP contribution in [0, 0.1) is 0 Å². The molecule has 6 nitrogen and oxygen atoms in total. The number of unbranched alkanes of at least 4 members (excludes halogenated alkanes) is 45. The van der Waals surface area contributed by atoms with E-state index in [1.807, 2.05) is 0 Å². The minimum atomic E-state index is -0.759. The third-order valence-corrected chi connectivity index (χ3v) is 13.9. The average Bonchev–Trinajstić information content (AvgIpc) is 3.31. The van der Waals surface area contributed by atoms with Crippen LogP contribution in [-0.4, -0.2) is 37.2 Å². The SMILES string of the molecule is CCCCCCCCCCCCCCCCCCCCCCCCCCCCCCC(=O)OCC(COC(=O)CCCCCCCCC)OC(=O)CCCCCCCCCCCCCCC. The summed E-state index contributed by atoms with van der Waals surface area (Å²) in [5.74, 6) is -0.844. The molecule has 0 aromatic heterocycles. The highest BCUT2D eigenvalue weighted by Gasteiger charge is 2.19. The highest BCUT2D eigenvalue weighted by atomic mass is 16.6. The van der Waals surface area contributed by atoms with Gasteiger partial charge in [0.15, 0.2) is 6.10 Å². The molecule has 0 aliphatic heterocycles. The second-order valence-electron chi connectivity index (χ2n) is 20.6. The van der Waals surface area contributed by atoms with Crippen LogP contribution in [0.15, 0.2) is 0 Å². The van der Waals surface area contributed by atoms with E-state index in [1.54, 1.807) is 0 Å². The Kier molecular flexibility index (Phi) is 54.7. The van der Waals surface area contributed by atoms with Crippen LogP contribution < -0.4 is 0 Å². The predicted molar refractivity (Wildman–Crippen MR) is 284 cm³/mol. The van der Waals surface area contributed by atoms with Gasteiger partial charge in [-0.15, -0.1) is 0 Å². The van der Waals surface area contributed by atoms with Gasteiger partial charge in [-0.25, -0.2) is 0 Å². The average molecular weight is 934 g/mol. The molecule has 0 rings (SSSR count). The molecule has 1 atom stereocenters. The van der Waals surface area contributed by atoms with Gasteiger partial charge < -0.3 is 14.2 Å². The van der Waals surface area contributed by atoms with Crippen LogP contribution in [0.3, 0.4) is 0 Å². The van der Waals surface area contributed by atoms with Crippen LogP contribution in [0.1, 0.15) is 348 Å². The molecule has 0 saturated carbocycles. The summed E-state index contributed by atoms with van der Waals surface area (Å²) < 4.78 is 16.8. The Bertz CT molecular complexity index is 982. The summed E-state index contributed by atoms with van der Waals surface area (Å²) in [6.45, 7) is 6.66. The van der Waals surface area contributed by atoms with Gasteiger partial charge in [-0.1, -0.05) is 310 Å². The summed E-state index contributed by atoms with van der Waals surface area (Å²) in [5, 5.41) is 0. The highest BCUT2D eigenvalue weighted by Crippen LogP contribution is 2.18. The Morgan fingerprint density at radius 3 is 0.606 bits per heavy atom. The Hall–Kier alpha value is -1.59. The van der Waals surface area contributed by atoms with Crippen molar-refractivity contribution in [2.45, 2.75) is 354 Å². The summed E-state index contributed by atoms with van der Waals surface area (Å²) >= 11 is 0. The second-order valence-corrected chi connectivity index (χ2v) is 20.6. The third kappa shape index (κ3) is 53.4. The van der Waals surface area contributed by atoms with Crippen LogP contribution in [-0.2, 0) is 28.6 Å². The van der Waals surface area contributed by atoms with Crippen LogP contribution in [0.4, 0.5) is 0 Å². The first kappa shape index (κ1) is 64.4. The Labute approximate surface area is 412 Å². The molecule has 66 heavy (non-hydrogen) atoms. The minimum Gasteiger partial charge on any atom is -0.462 e. The van der Waals surface area contributed by atoms with E-state index >= 15 is 0 Å². The summed E-state index contributed by atoms with van der Waals surface area (Å²) in [4.78, 5) is 37.9. The van der Waals surface area contributed by atoms with Crippen molar-refractivity contribution in [3.8, 4) is 0 Å². The highest BCUT2D eigenvalue weighted by molar-refractivity contribution is 5.71. The van der Waals surface area contributed by atoms with Crippen LogP contribution in [0.2, 0.25) is 0 Å². The van der Waals surface area contributed by atoms with E-state index in [4.69, 9.17) is 14.2 Å². The van der Waals surface area contributed by atoms with Gasteiger partial charge in [0.05, 0.1) is 0 Å². The molecular weight excluding hydrogens is 817 g/mol. The summed E-state index contributed by atoms with van der Waals surface area (Å²) in [7, 11) is 0. The van der Waals surface area contributed by atoms with Crippen molar-refractivity contribution in [3.63, 3.8) is 0 Å². The molecule has 0 aromatic rings. The lowest BCUT2D eigenvalue weighted by Crippen LogP contribution is -2.30. The zero-order valence-corrected chi connectivity index (χ0v) is 45.0. The second kappa shape index (κ2) is 56.0. The van der Waals surface area contributed by atoms with Crippen molar-refractivity contribution in [3.05, 3.63) is 0 Å². The fourth-order valence-corrected chi connectivity index (χ4v) is 9.33. The maximum Gasteiger partial charge on any atom is 0.306 e. The zero-order valence-electron chi connectivity index (χ0n) is 45.0. The summed E-state index contributed by atoms with van der Waals surface area (Å²) in [6, 6.07) is 0. The van der Waals surface area contributed by atoms with Crippen molar-refractivity contribution >= 4 is 17.9 Å². The quantitative estimate of drug-likeness (QED) is 0.0343. The largest absolute Gasteiger partial charge is 0.462 e. The normalized spacial score (nSPS) is 11.9. The van der Waals surface area contributed by atoms with Gasteiger partial charge >= 0.3 is 17.9 Å². The number of rotatable bonds is 56. The van der Waals surface area contributed by atoms with Crippen molar-refractivity contribution in [1.82, 2.24) is 0 Å². The molecule has 0 amide bonds.